The molecule has 1 aromatic heterocycles. The van der Waals surface area contributed by atoms with Gasteiger partial charge in [-0.25, -0.2) is 9.97 Å². The molecule has 0 bridgehead atoms. The highest BCUT2D eigenvalue weighted by Crippen LogP contribution is 2.35. The van der Waals surface area contributed by atoms with Crippen LogP contribution in [0.25, 0.3) is 0 Å². The minimum Gasteiger partial charge on any atom is -0.485 e. The third-order valence-corrected chi connectivity index (χ3v) is 3.64. The molecule has 20 heavy (non-hydrogen) atoms. The van der Waals surface area contributed by atoms with Gasteiger partial charge in [0.05, 0.1) is 0 Å². The minimum absolute atomic E-state index is 0.327. The lowest BCUT2D eigenvalue weighted by molar-refractivity contribution is 0.0849. The molecular formula is C15H15ClN2O2. The van der Waals surface area contributed by atoms with Crippen LogP contribution in [0.5, 0.6) is 11.5 Å². The number of halogens is 1. The number of ether oxygens (including phenoxy) is 2. The van der Waals surface area contributed by atoms with Gasteiger partial charge in [0.2, 0.25) is 0 Å². The standard InChI is InChI=1S/C15H15ClN2O2/c1-3-10-9(2)17-15(18-14(10)16)13-8-19-11-6-4-5-7-12(11)20-13/h4-7,13H,3,8H2,1-2H3. The van der Waals surface area contributed by atoms with Gasteiger partial charge in [0.25, 0.3) is 0 Å². The van der Waals surface area contributed by atoms with E-state index >= 15 is 0 Å². The molecule has 1 aromatic carbocycles. The number of nitrogens with zero attached hydrogens (tertiary/aromatic N) is 2. The zero-order valence-electron chi connectivity index (χ0n) is 11.4. The molecule has 104 valence electrons. The summed E-state index contributed by atoms with van der Waals surface area (Å²) in [6, 6.07) is 7.57. The van der Waals surface area contributed by atoms with Crippen LogP contribution in [0.2, 0.25) is 5.15 Å². The molecule has 4 nitrogen and oxygen atoms in total. The molecule has 0 amide bonds. The van der Waals surface area contributed by atoms with E-state index in [9.17, 15) is 0 Å². The molecule has 1 aliphatic rings. The molecule has 0 saturated carbocycles. The zero-order chi connectivity index (χ0) is 14.1. The molecule has 1 atom stereocenters. The summed E-state index contributed by atoms with van der Waals surface area (Å²) in [7, 11) is 0. The number of fused-ring (bicyclic) bond motifs is 1. The van der Waals surface area contributed by atoms with E-state index in [0.717, 1.165) is 23.4 Å². The minimum atomic E-state index is -0.327. The van der Waals surface area contributed by atoms with Gasteiger partial charge >= 0.3 is 0 Å². The molecule has 1 aliphatic heterocycles. The van der Waals surface area contributed by atoms with Crippen molar-refractivity contribution in [3.05, 3.63) is 46.5 Å². The molecule has 1 unspecified atom stereocenters. The molecule has 3 rings (SSSR count). The Morgan fingerprint density at radius 2 is 2.00 bits per heavy atom. The summed E-state index contributed by atoms with van der Waals surface area (Å²) in [6.07, 6.45) is 0.488. The van der Waals surface area contributed by atoms with Crippen LogP contribution >= 0.6 is 11.6 Å². The van der Waals surface area contributed by atoms with Crippen molar-refractivity contribution in [2.24, 2.45) is 0 Å². The van der Waals surface area contributed by atoms with Crippen molar-refractivity contribution in [3.63, 3.8) is 0 Å². The second-order valence-corrected chi connectivity index (χ2v) is 5.01. The molecule has 2 heterocycles. The summed E-state index contributed by atoms with van der Waals surface area (Å²) in [5.41, 5.74) is 1.87. The van der Waals surface area contributed by atoms with E-state index in [1.165, 1.54) is 0 Å². The lowest BCUT2D eigenvalue weighted by Crippen LogP contribution is -2.24. The van der Waals surface area contributed by atoms with E-state index in [0.29, 0.717) is 23.3 Å². The average Bonchev–Trinajstić information content (AvgIpc) is 2.46. The van der Waals surface area contributed by atoms with Crippen LogP contribution in [0.4, 0.5) is 0 Å². The first kappa shape index (κ1) is 13.2. The number of hydrogen-bond donors (Lipinski definition) is 0. The number of aryl methyl sites for hydroxylation is 1. The van der Waals surface area contributed by atoms with Crippen LogP contribution in [-0.2, 0) is 6.42 Å². The maximum atomic E-state index is 6.21. The van der Waals surface area contributed by atoms with E-state index in [2.05, 4.69) is 9.97 Å². The average molecular weight is 291 g/mol. The van der Waals surface area contributed by atoms with Gasteiger partial charge in [0.15, 0.2) is 23.4 Å². The van der Waals surface area contributed by atoms with Gasteiger partial charge in [-0.15, -0.1) is 0 Å². The van der Waals surface area contributed by atoms with E-state index < -0.39 is 0 Å². The maximum Gasteiger partial charge on any atom is 0.192 e. The second kappa shape index (κ2) is 5.29. The van der Waals surface area contributed by atoms with Crippen LogP contribution in [0, 0.1) is 6.92 Å². The third kappa shape index (κ3) is 2.31. The summed E-state index contributed by atoms with van der Waals surface area (Å²) < 4.78 is 11.6. The van der Waals surface area contributed by atoms with Gasteiger partial charge in [-0.1, -0.05) is 30.7 Å². The smallest absolute Gasteiger partial charge is 0.192 e. The monoisotopic (exact) mass is 290 g/mol. The lowest BCUT2D eigenvalue weighted by atomic mass is 10.2. The Morgan fingerprint density at radius 1 is 1.25 bits per heavy atom. The Hall–Kier alpha value is -1.81. The quantitative estimate of drug-likeness (QED) is 0.794. The van der Waals surface area contributed by atoms with Crippen molar-refractivity contribution < 1.29 is 9.47 Å². The molecule has 0 saturated heterocycles. The fraction of sp³-hybridized carbons (Fsp3) is 0.333. The van der Waals surface area contributed by atoms with Gasteiger partial charge in [-0.2, -0.15) is 0 Å². The Kier molecular flexibility index (Phi) is 3.49. The van der Waals surface area contributed by atoms with Crippen molar-refractivity contribution in [1.29, 1.82) is 0 Å². The molecule has 2 aromatic rings. The van der Waals surface area contributed by atoms with Crippen molar-refractivity contribution >= 4 is 11.6 Å². The summed E-state index contributed by atoms with van der Waals surface area (Å²) >= 11 is 6.21. The second-order valence-electron chi connectivity index (χ2n) is 4.65. The highest BCUT2D eigenvalue weighted by Gasteiger charge is 2.25. The Balaban J connectivity index is 1.92. The van der Waals surface area contributed by atoms with Crippen LogP contribution in [0.1, 0.15) is 30.1 Å². The SMILES string of the molecule is CCc1c(C)nc(C2COc3ccccc3O2)nc1Cl. The predicted octanol–water partition coefficient (Wildman–Crippen LogP) is 3.51. The van der Waals surface area contributed by atoms with Crippen LogP contribution in [0.3, 0.4) is 0 Å². The van der Waals surface area contributed by atoms with E-state index in [4.69, 9.17) is 21.1 Å². The third-order valence-electron chi connectivity index (χ3n) is 3.33. The van der Waals surface area contributed by atoms with Crippen molar-refractivity contribution in [3.8, 4) is 11.5 Å². The Labute approximate surface area is 122 Å². The highest BCUT2D eigenvalue weighted by molar-refractivity contribution is 6.30. The first-order chi connectivity index (χ1) is 9.69. The summed E-state index contributed by atoms with van der Waals surface area (Å²) in [5.74, 6) is 2.02. The number of hydrogen-bond acceptors (Lipinski definition) is 4. The molecule has 0 spiro atoms. The number of aromatic nitrogens is 2. The van der Waals surface area contributed by atoms with Gasteiger partial charge in [0.1, 0.15) is 11.8 Å². The topological polar surface area (TPSA) is 44.2 Å². The first-order valence-electron chi connectivity index (χ1n) is 6.60. The first-order valence-corrected chi connectivity index (χ1v) is 6.98. The van der Waals surface area contributed by atoms with Crippen LogP contribution in [0.15, 0.2) is 24.3 Å². The largest absolute Gasteiger partial charge is 0.485 e. The van der Waals surface area contributed by atoms with Crippen molar-refractivity contribution in [1.82, 2.24) is 9.97 Å². The molecule has 5 heteroatoms. The normalized spacial score (nSPS) is 17.1. The molecule has 0 aliphatic carbocycles. The molecule has 0 N–H and O–H groups in total. The van der Waals surface area contributed by atoms with Gasteiger partial charge in [0, 0.05) is 11.3 Å². The fourth-order valence-corrected chi connectivity index (χ4v) is 2.63. The predicted molar refractivity (Wildman–Crippen MR) is 76.5 cm³/mol. The lowest BCUT2D eigenvalue weighted by Gasteiger charge is -2.25. The molecular weight excluding hydrogens is 276 g/mol. The van der Waals surface area contributed by atoms with E-state index in [1.807, 2.05) is 38.1 Å². The Morgan fingerprint density at radius 3 is 2.70 bits per heavy atom. The van der Waals surface area contributed by atoms with Crippen LogP contribution in [-0.4, -0.2) is 16.6 Å². The molecule has 0 radical (unpaired) electrons. The summed E-state index contributed by atoms with van der Waals surface area (Å²) in [4.78, 5) is 8.85. The van der Waals surface area contributed by atoms with E-state index in [1.54, 1.807) is 0 Å². The maximum absolute atomic E-state index is 6.21. The van der Waals surface area contributed by atoms with Gasteiger partial charge in [-0.05, 0) is 25.5 Å². The number of rotatable bonds is 2. The summed E-state index contributed by atoms with van der Waals surface area (Å²) in [5, 5.41) is 0.498. The number of benzene rings is 1. The Bertz CT molecular complexity index is 623. The van der Waals surface area contributed by atoms with Crippen molar-refractivity contribution in [2.45, 2.75) is 26.4 Å². The molecule has 0 fully saturated rings. The number of para-hydroxylation sites is 2. The van der Waals surface area contributed by atoms with E-state index in [-0.39, 0.29) is 6.10 Å². The van der Waals surface area contributed by atoms with Gasteiger partial charge in [-0.3, -0.25) is 0 Å². The highest BCUT2D eigenvalue weighted by atomic mass is 35.5. The van der Waals surface area contributed by atoms with Crippen LogP contribution < -0.4 is 9.47 Å². The fourth-order valence-electron chi connectivity index (χ4n) is 2.27. The van der Waals surface area contributed by atoms with Crippen molar-refractivity contribution in [2.75, 3.05) is 6.61 Å². The zero-order valence-corrected chi connectivity index (χ0v) is 12.1. The summed E-state index contributed by atoms with van der Waals surface area (Å²) in [6.45, 7) is 4.36. The van der Waals surface area contributed by atoms with Gasteiger partial charge < -0.3 is 9.47 Å².